The average molecular weight is 326 g/mol. The van der Waals surface area contributed by atoms with Crippen molar-refractivity contribution in [2.75, 3.05) is 6.54 Å². The van der Waals surface area contributed by atoms with Crippen LogP contribution in [0.25, 0.3) is 11.4 Å². The molecule has 0 radical (unpaired) electrons. The molecule has 7 nitrogen and oxygen atoms in total. The highest BCUT2D eigenvalue weighted by molar-refractivity contribution is 5.94. The van der Waals surface area contributed by atoms with E-state index in [1.54, 1.807) is 12.3 Å². The first-order chi connectivity index (χ1) is 11.8. The summed E-state index contributed by atoms with van der Waals surface area (Å²) < 4.78 is 12.2. The van der Waals surface area contributed by atoms with Crippen LogP contribution in [0.1, 0.15) is 35.0 Å². The third kappa shape index (κ3) is 2.42. The fourth-order valence-electron chi connectivity index (χ4n) is 3.16. The molecule has 0 saturated carbocycles. The highest BCUT2D eigenvalue weighted by Gasteiger charge is 2.29. The quantitative estimate of drug-likeness (QED) is 0.737. The van der Waals surface area contributed by atoms with E-state index >= 15 is 0 Å². The molecule has 1 aliphatic rings. The number of nitrogens with zero attached hydrogens (tertiary/aromatic N) is 4. The number of amides is 1. The predicted octanol–water partition coefficient (Wildman–Crippen LogP) is 2.74. The number of aromatic nitrogens is 3. The Hall–Kier alpha value is -2.83. The van der Waals surface area contributed by atoms with Crippen LogP contribution in [0, 0.1) is 0 Å². The van der Waals surface area contributed by atoms with E-state index in [0.717, 1.165) is 30.6 Å². The summed E-state index contributed by atoms with van der Waals surface area (Å²) in [4.78, 5) is 18.7. The first-order valence-corrected chi connectivity index (χ1v) is 8.06. The van der Waals surface area contributed by atoms with Gasteiger partial charge < -0.3 is 13.7 Å². The van der Waals surface area contributed by atoms with Crippen molar-refractivity contribution in [3.8, 4) is 11.4 Å². The number of carbonyl (C=O) groups is 1. The lowest BCUT2D eigenvalue weighted by atomic mass is 10.0. The van der Waals surface area contributed by atoms with Crippen molar-refractivity contribution < 1.29 is 13.6 Å². The van der Waals surface area contributed by atoms with E-state index in [1.807, 2.05) is 9.58 Å². The molecule has 0 unspecified atom stereocenters. The Balaban J connectivity index is 1.70. The third-order valence-electron chi connectivity index (χ3n) is 4.30. The Morgan fingerprint density at radius 1 is 1.33 bits per heavy atom. The maximum absolute atomic E-state index is 12.6. The fourth-order valence-corrected chi connectivity index (χ4v) is 3.16. The number of furan rings is 1. The average Bonchev–Trinajstić information content (AvgIpc) is 3.35. The van der Waals surface area contributed by atoms with Gasteiger partial charge in [-0.25, -0.2) is 4.98 Å². The highest BCUT2D eigenvalue weighted by atomic mass is 16.3. The lowest BCUT2D eigenvalue weighted by Gasteiger charge is -2.27. The Morgan fingerprint density at radius 2 is 2.25 bits per heavy atom. The van der Waals surface area contributed by atoms with Crippen LogP contribution in [0.15, 0.2) is 40.1 Å². The van der Waals surface area contributed by atoms with Gasteiger partial charge in [-0.2, -0.15) is 5.10 Å². The van der Waals surface area contributed by atoms with Crippen LogP contribution >= 0.6 is 0 Å². The lowest BCUT2D eigenvalue weighted by molar-refractivity contribution is 0.0732. The number of carbonyl (C=O) groups excluding carboxylic acids is 1. The van der Waals surface area contributed by atoms with Gasteiger partial charge in [0.1, 0.15) is 23.9 Å². The lowest BCUT2D eigenvalue weighted by Crippen LogP contribution is -2.36. The SMILES string of the molecule is CCCn1nc(-c2cocn2)c2c1CCN(C(=O)c1ccoc1)C2. The molecule has 124 valence electrons. The van der Waals surface area contributed by atoms with Crippen molar-refractivity contribution in [1.29, 1.82) is 0 Å². The minimum absolute atomic E-state index is 0.0243. The van der Waals surface area contributed by atoms with Crippen molar-refractivity contribution in [3.05, 3.63) is 48.1 Å². The van der Waals surface area contributed by atoms with Crippen molar-refractivity contribution in [2.24, 2.45) is 0 Å². The summed E-state index contributed by atoms with van der Waals surface area (Å²) in [5, 5.41) is 4.72. The minimum atomic E-state index is -0.0243. The van der Waals surface area contributed by atoms with Crippen LogP contribution in [-0.4, -0.2) is 32.1 Å². The van der Waals surface area contributed by atoms with Crippen molar-refractivity contribution in [1.82, 2.24) is 19.7 Å². The smallest absolute Gasteiger partial charge is 0.257 e. The van der Waals surface area contributed by atoms with Gasteiger partial charge in [-0.3, -0.25) is 9.48 Å². The number of rotatable bonds is 4. The molecule has 0 atom stereocenters. The van der Waals surface area contributed by atoms with Gasteiger partial charge in [-0.1, -0.05) is 6.92 Å². The molecule has 24 heavy (non-hydrogen) atoms. The summed E-state index contributed by atoms with van der Waals surface area (Å²) in [6.07, 6.45) is 7.78. The predicted molar refractivity (Wildman–Crippen MR) is 85.2 cm³/mol. The van der Waals surface area contributed by atoms with Gasteiger partial charge in [0.2, 0.25) is 0 Å². The van der Waals surface area contributed by atoms with Crippen LogP contribution in [0.3, 0.4) is 0 Å². The molecular formula is C17H18N4O3. The molecule has 0 spiro atoms. The normalized spacial score (nSPS) is 14.0. The van der Waals surface area contributed by atoms with Crippen LogP contribution in [0.5, 0.6) is 0 Å². The largest absolute Gasteiger partial charge is 0.472 e. The van der Waals surface area contributed by atoms with E-state index in [1.165, 1.54) is 24.6 Å². The summed E-state index contributed by atoms with van der Waals surface area (Å²) in [5.74, 6) is -0.0243. The van der Waals surface area contributed by atoms with Gasteiger partial charge >= 0.3 is 0 Å². The molecule has 0 N–H and O–H groups in total. The third-order valence-corrected chi connectivity index (χ3v) is 4.30. The molecule has 3 aromatic rings. The second kappa shape index (κ2) is 5.99. The monoisotopic (exact) mass is 326 g/mol. The molecule has 4 rings (SSSR count). The molecule has 0 bridgehead atoms. The van der Waals surface area contributed by atoms with Gasteiger partial charge in [-0.05, 0) is 12.5 Å². The van der Waals surface area contributed by atoms with E-state index in [-0.39, 0.29) is 5.91 Å². The van der Waals surface area contributed by atoms with Crippen LogP contribution in [0.4, 0.5) is 0 Å². The Kier molecular flexibility index (Phi) is 3.68. The van der Waals surface area contributed by atoms with E-state index < -0.39 is 0 Å². The van der Waals surface area contributed by atoms with E-state index in [9.17, 15) is 4.79 Å². The zero-order valence-electron chi connectivity index (χ0n) is 13.4. The van der Waals surface area contributed by atoms with Crippen LogP contribution in [-0.2, 0) is 19.5 Å². The standard InChI is InChI=1S/C17H18N4O3/c1-2-5-21-15-3-6-20(17(22)12-4-7-23-9-12)8-13(15)16(19-21)14-10-24-11-18-14/h4,7,9-11H,2-3,5-6,8H2,1H3. The molecule has 4 heterocycles. The van der Waals surface area contributed by atoms with Crippen molar-refractivity contribution in [2.45, 2.75) is 32.9 Å². The Labute approximate surface area is 138 Å². The van der Waals surface area contributed by atoms with Gasteiger partial charge in [-0.15, -0.1) is 0 Å². The zero-order valence-corrected chi connectivity index (χ0v) is 13.4. The van der Waals surface area contributed by atoms with E-state index in [2.05, 4.69) is 11.9 Å². The van der Waals surface area contributed by atoms with Gasteiger partial charge in [0.15, 0.2) is 6.39 Å². The summed E-state index contributed by atoms with van der Waals surface area (Å²) in [6, 6.07) is 1.69. The number of fused-ring (bicyclic) bond motifs is 1. The molecule has 0 aromatic carbocycles. The maximum atomic E-state index is 12.6. The summed E-state index contributed by atoms with van der Waals surface area (Å²) in [5.41, 5.74) is 4.32. The molecule has 3 aromatic heterocycles. The minimum Gasteiger partial charge on any atom is -0.472 e. The molecule has 1 amide bonds. The molecule has 0 saturated heterocycles. The number of hydrogen-bond acceptors (Lipinski definition) is 5. The van der Waals surface area contributed by atoms with Crippen molar-refractivity contribution >= 4 is 5.91 Å². The molecule has 1 aliphatic heterocycles. The topological polar surface area (TPSA) is 77.3 Å². The molecule has 7 heteroatoms. The Morgan fingerprint density at radius 3 is 2.96 bits per heavy atom. The first-order valence-electron chi connectivity index (χ1n) is 8.06. The highest BCUT2D eigenvalue weighted by Crippen LogP contribution is 2.30. The maximum Gasteiger partial charge on any atom is 0.257 e. The Bertz CT molecular complexity index is 834. The molecule has 0 aliphatic carbocycles. The van der Waals surface area contributed by atoms with E-state index in [0.29, 0.717) is 24.3 Å². The second-order valence-corrected chi connectivity index (χ2v) is 5.86. The van der Waals surface area contributed by atoms with Crippen molar-refractivity contribution in [3.63, 3.8) is 0 Å². The number of hydrogen-bond donors (Lipinski definition) is 0. The van der Waals surface area contributed by atoms with Gasteiger partial charge in [0, 0.05) is 30.8 Å². The van der Waals surface area contributed by atoms with E-state index in [4.69, 9.17) is 13.9 Å². The second-order valence-electron chi connectivity index (χ2n) is 5.86. The number of oxazole rings is 1. The zero-order chi connectivity index (χ0) is 16.5. The summed E-state index contributed by atoms with van der Waals surface area (Å²) in [6.45, 7) is 4.17. The summed E-state index contributed by atoms with van der Waals surface area (Å²) >= 11 is 0. The van der Waals surface area contributed by atoms with Gasteiger partial charge in [0.25, 0.3) is 5.91 Å². The number of aryl methyl sites for hydroxylation is 1. The molecular weight excluding hydrogens is 308 g/mol. The first kappa shape index (κ1) is 14.7. The molecule has 0 fully saturated rings. The fraction of sp³-hybridized carbons (Fsp3) is 0.353. The van der Waals surface area contributed by atoms with Crippen LogP contribution < -0.4 is 0 Å². The van der Waals surface area contributed by atoms with Crippen LogP contribution in [0.2, 0.25) is 0 Å². The van der Waals surface area contributed by atoms with Gasteiger partial charge in [0.05, 0.1) is 18.4 Å². The summed E-state index contributed by atoms with van der Waals surface area (Å²) in [7, 11) is 0.